The number of thiazole rings is 1. The summed E-state index contributed by atoms with van der Waals surface area (Å²) in [4.78, 5) is 24.2. The van der Waals surface area contributed by atoms with Gasteiger partial charge >= 0.3 is 0 Å². The molecule has 2 aliphatic heterocycles. The van der Waals surface area contributed by atoms with Gasteiger partial charge in [-0.1, -0.05) is 29.8 Å². The van der Waals surface area contributed by atoms with Gasteiger partial charge in [0.05, 0.1) is 12.6 Å². The monoisotopic (exact) mass is 447 g/mol. The number of aromatic nitrogens is 1. The van der Waals surface area contributed by atoms with Gasteiger partial charge < -0.3 is 10.2 Å². The molecule has 1 aromatic heterocycles. The molecule has 0 aliphatic carbocycles. The van der Waals surface area contributed by atoms with Crippen LogP contribution in [-0.2, 0) is 4.79 Å². The normalized spacial score (nSPS) is 19.6. The van der Waals surface area contributed by atoms with Crippen molar-refractivity contribution >= 4 is 34.0 Å². The molecule has 0 saturated carbocycles. The average molecular weight is 448 g/mol. The van der Waals surface area contributed by atoms with E-state index in [2.05, 4.69) is 31.1 Å². The van der Waals surface area contributed by atoms with Crippen LogP contribution in [0.3, 0.4) is 0 Å². The molecule has 0 radical (unpaired) electrons. The van der Waals surface area contributed by atoms with E-state index in [0.717, 1.165) is 61.4 Å². The molecule has 2 aromatic rings. The highest BCUT2D eigenvalue weighted by Gasteiger charge is 2.26. The molecule has 8 heteroatoms. The zero-order valence-electron chi connectivity index (χ0n) is 17.3. The minimum Gasteiger partial charge on any atom is -0.353 e. The van der Waals surface area contributed by atoms with E-state index in [1.807, 2.05) is 29.8 Å². The molecule has 1 N–H and O–H groups in total. The quantitative estimate of drug-likeness (QED) is 0.706. The Morgan fingerprint density at radius 2 is 1.93 bits per heavy atom. The molecule has 6 nitrogen and oxygen atoms in total. The van der Waals surface area contributed by atoms with Crippen LogP contribution in [0.1, 0.15) is 30.9 Å². The molecule has 162 valence electrons. The fourth-order valence-electron chi connectivity index (χ4n) is 4.40. The molecule has 1 unspecified atom stereocenters. The van der Waals surface area contributed by atoms with Crippen LogP contribution in [0.5, 0.6) is 0 Å². The van der Waals surface area contributed by atoms with Crippen LogP contribution >= 0.6 is 22.9 Å². The molecule has 1 aromatic carbocycles. The van der Waals surface area contributed by atoms with E-state index in [-0.39, 0.29) is 11.9 Å². The Kier molecular flexibility index (Phi) is 7.60. The largest absolute Gasteiger partial charge is 0.353 e. The second-order valence-electron chi connectivity index (χ2n) is 8.02. The van der Waals surface area contributed by atoms with Crippen LogP contribution in [0.4, 0.5) is 5.13 Å². The zero-order chi connectivity index (χ0) is 20.8. The Labute approximate surface area is 187 Å². The first kappa shape index (κ1) is 21.6. The molecule has 0 spiro atoms. The van der Waals surface area contributed by atoms with Crippen molar-refractivity contribution in [3.05, 3.63) is 46.4 Å². The molecule has 1 atom stereocenters. The predicted molar refractivity (Wildman–Crippen MR) is 123 cm³/mol. The van der Waals surface area contributed by atoms with Crippen LogP contribution in [0.25, 0.3) is 0 Å². The Morgan fingerprint density at radius 1 is 1.10 bits per heavy atom. The minimum absolute atomic E-state index is 0.0916. The van der Waals surface area contributed by atoms with Crippen LogP contribution in [0, 0.1) is 0 Å². The second kappa shape index (κ2) is 10.6. The maximum atomic E-state index is 12.7. The van der Waals surface area contributed by atoms with Gasteiger partial charge in [0, 0.05) is 49.3 Å². The third kappa shape index (κ3) is 5.52. The fourth-order valence-corrected chi connectivity index (χ4v) is 5.35. The Bertz CT molecular complexity index is 812. The lowest BCUT2D eigenvalue weighted by Crippen LogP contribution is -2.42. The number of amides is 1. The molecular formula is C22H30ClN5OS. The Hall–Kier alpha value is -1.67. The molecule has 1 amide bonds. The highest BCUT2D eigenvalue weighted by molar-refractivity contribution is 7.13. The van der Waals surface area contributed by atoms with Gasteiger partial charge in [0.25, 0.3) is 0 Å². The Morgan fingerprint density at radius 3 is 2.70 bits per heavy atom. The van der Waals surface area contributed by atoms with Crippen molar-refractivity contribution < 1.29 is 4.79 Å². The van der Waals surface area contributed by atoms with Gasteiger partial charge in [0.1, 0.15) is 0 Å². The topological polar surface area (TPSA) is 51.7 Å². The smallest absolute Gasteiger partial charge is 0.234 e. The van der Waals surface area contributed by atoms with Gasteiger partial charge in [0.2, 0.25) is 5.91 Å². The third-order valence-corrected chi connectivity index (χ3v) is 7.16. The molecule has 2 saturated heterocycles. The fraction of sp³-hybridized carbons (Fsp3) is 0.545. The van der Waals surface area contributed by atoms with Gasteiger partial charge in [-0.15, -0.1) is 11.3 Å². The highest BCUT2D eigenvalue weighted by atomic mass is 35.5. The van der Waals surface area contributed by atoms with E-state index in [1.54, 1.807) is 11.3 Å². The molecule has 30 heavy (non-hydrogen) atoms. The van der Waals surface area contributed by atoms with Crippen LogP contribution < -0.4 is 10.2 Å². The number of hydrogen-bond acceptors (Lipinski definition) is 6. The first-order valence-corrected chi connectivity index (χ1v) is 12.1. The first-order chi connectivity index (χ1) is 14.7. The molecule has 0 bridgehead atoms. The highest BCUT2D eigenvalue weighted by Crippen LogP contribution is 2.29. The van der Waals surface area contributed by atoms with Gasteiger partial charge in [-0.05, 0) is 44.0 Å². The zero-order valence-corrected chi connectivity index (χ0v) is 18.9. The van der Waals surface area contributed by atoms with Gasteiger partial charge in [-0.25, -0.2) is 4.98 Å². The lowest BCUT2D eigenvalue weighted by Gasteiger charge is -2.29. The molecule has 3 heterocycles. The number of nitrogens with zero attached hydrogens (tertiary/aromatic N) is 4. The predicted octanol–water partition coefficient (Wildman–Crippen LogP) is 3.26. The number of benzene rings is 1. The van der Waals surface area contributed by atoms with E-state index in [1.165, 1.54) is 12.8 Å². The van der Waals surface area contributed by atoms with Crippen LogP contribution in [0.2, 0.25) is 5.02 Å². The number of hydrogen-bond donors (Lipinski definition) is 1. The number of anilines is 1. The second-order valence-corrected chi connectivity index (χ2v) is 9.30. The average Bonchev–Trinajstić information content (AvgIpc) is 3.42. The number of carbonyl (C=O) groups is 1. The summed E-state index contributed by atoms with van der Waals surface area (Å²) in [5.41, 5.74) is 1.11. The van der Waals surface area contributed by atoms with Gasteiger partial charge in [0.15, 0.2) is 5.13 Å². The third-order valence-electron chi connectivity index (χ3n) is 5.98. The van der Waals surface area contributed by atoms with Gasteiger partial charge in [-0.3, -0.25) is 14.6 Å². The summed E-state index contributed by atoms with van der Waals surface area (Å²) in [5, 5.41) is 7.06. The van der Waals surface area contributed by atoms with Crippen LogP contribution in [0.15, 0.2) is 35.8 Å². The Balaban J connectivity index is 1.31. The first-order valence-electron chi connectivity index (χ1n) is 10.8. The summed E-state index contributed by atoms with van der Waals surface area (Å²) in [6.07, 6.45) is 5.31. The molecular weight excluding hydrogens is 418 g/mol. The van der Waals surface area contributed by atoms with Crippen molar-refractivity contribution in [1.29, 1.82) is 0 Å². The van der Waals surface area contributed by atoms with E-state index in [4.69, 9.17) is 11.6 Å². The van der Waals surface area contributed by atoms with Crippen LogP contribution in [-0.4, -0.2) is 73.0 Å². The van der Waals surface area contributed by atoms with E-state index < -0.39 is 0 Å². The summed E-state index contributed by atoms with van der Waals surface area (Å²) >= 11 is 8.16. The van der Waals surface area contributed by atoms with E-state index >= 15 is 0 Å². The summed E-state index contributed by atoms with van der Waals surface area (Å²) in [5.74, 6) is 0.0916. The summed E-state index contributed by atoms with van der Waals surface area (Å²) in [6.45, 7) is 6.89. The summed E-state index contributed by atoms with van der Waals surface area (Å²) < 4.78 is 0. The maximum absolute atomic E-state index is 12.7. The lowest BCUT2D eigenvalue weighted by atomic mass is 10.1. The molecule has 4 rings (SSSR count). The molecule has 2 aliphatic rings. The summed E-state index contributed by atoms with van der Waals surface area (Å²) in [6, 6.07) is 8.14. The minimum atomic E-state index is 0.0916. The van der Waals surface area contributed by atoms with Crippen molar-refractivity contribution in [2.75, 3.05) is 57.3 Å². The van der Waals surface area contributed by atoms with Crippen molar-refractivity contribution in [3.8, 4) is 0 Å². The summed E-state index contributed by atoms with van der Waals surface area (Å²) in [7, 11) is 0. The number of likely N-dealkylation sites (tertiary alicyclic amines) is 1. The lowest BCUT2D eigenvalue weighted by molar-refractivity contribution is -0.122. The van der Waals surface area contributed by atoms with Crippen molar-refractivity contribution in [3.63, 3.8) is 0 Å². The van der Waals surface area contributed by atoms with Gasteiger partial charge in [-0.2, -0.15) is 0 Å². The standard InChI is InChI=1S/C22H30ClN5OS/c23-19-7-2-1-6-18(19)20(27-10-3-4-11-27)16-25-21(29)17-26-9-5-12-28(14-13-26)22-24-8-15-30-22/h1-2,6-8,15,20H,3-5,9-14,16-17H2,(H,25,29). The SMILES string of the molecule is O=C(CN1CCCN(c2nccs2)CC1)NCC(c1ccccc1Cl)N1CCCC1. The number of rotatable bonds is 7. The van der Waals surface area contributed by atoms with E-state index in [0.29, 0.717) is 13.1 Å². The number of carbonyl (C=O) groups excluding carboxylic acids is 1. The molecule has 2 fully saturated rings. The van der Waals surface area contributed by atoms with Crippen molar-refractivity contribution in [2.45, 2.75) is 25.3 Å². The number of halogens is 1. The number of nitrogens with one attached hydrogen (secondary N) is 1. The van der Waals surface area contributed by atoms with E-state index in [9.17, 15) is 4.79 Å². The van der Waals surface area contributed by atoms with Crippen molar-refractivity contribution in [1.82, 2.24) is 20.1 Å². The van der Waals surface area contributed by atoms with Crippen molar-refractivity contribution in [2.24, 2.45) is 0 Å². The maximum Gasteiger partial charge on any atom is 0.234 e.